The minimum atomic E-state index is -3.75. The molecule has 2 aromatic rings. The van der Waals surface area contributed by atoms with Crippen LogP contribution in [0.4, 0.5) is 5.82 Å². The molecule has 0 spiro atoms. The molecule has 1 aromatic heterocycles. The number of nitrogens with zero attached hydrogens (tertiary/aromatic N) is 3. The summed E-state index contributed by atoms with van der Waals surface area (Å²) >= 11 is 0. The molecular weight excluding hydrogens is 376 g/mol. The first-order valence-electron chi connectivity index (χ1n) is 9.36. The third-order valence-electron chi connectivity index (χ3n) is 4.37. The maximum absolute atomic E-state index is 13.0. The Bertz CT molecular complexity index is 925. The number of aryl methyl sites for hydroxylation is 2. The van der Waals surface area contributed by atoms with Gasteiger partial charge in [0.05, 0.1) is 17.1 Å². The van der Waals surface area contributed by atoms with Crippen molar-refractivity contribution < 1.29 is 13.2 Å². The molecule has 0 radical (unpaired) electrons. The smallest absolute Gasteiger partial charge is 0.243 e. The van der Waals surface area contributed by atoms with Gasteiger partial charge in [-0.1, -0.05) is 45.4 Å². The van der Waals surface area contributed by atoms with Gasteiger partial charge in [-0.25, -0.2) is 8.42 Å². The highest BCUT2D eigenvalue weighted by molar-refractivity contribution is 7.89. The lowest BCUT2D eigenvalue weighted by molar-refractivity contribution is -0.116. The third-order valence-corrected chi connectivity index (χ3v) is 6.23. The van der Waals surface area contributed by atoms with Crippen molar-refractivity contribution in [1.82, 2.24) is 14.1 Å². The average Bonchev–Trinajstić information content (AvgIpc) is 2.96. The Hall–Kier alpha value is -2.19. The summed E-state index contributed by atoms with van der Waals surface area (Å²) in [6, 6.07) is 8.46. The van der Waals surface area contributed by atoms with Crippen LogP contribution in [0.1, 0.15) is 45.4 Å². The number of carbonyl (C=O) groups excluding carboxylic acids is 1. The van der Waals surface area contributed by atoms with Crippen molar-refractivity contribution in [2.75, 3.05) is 18.4 Å². The Balaban J connectivity index is 2.19. The van der Waals surface area contributed by atoms with Gasteiger partial charge in [-0.2, -0.15) is 9.40 Å². The summed E-state index contributed by atoms with van der Waals surface area (Å²) in [5.41, 5.74) is 1.68. The van der Waals surface area contributed by atoms with Gasteiger partial charge in [-0.05, 0) is 25.5 Å². The summed E-state index contributed by atoms with van der Waals surface area (Å²) in [5.74, 6) is 0.145. The SMILES string of the molecule is CCCN(CC(=O)Nc1cc(C(C)(C)C)nn1C)S(=O)(=O)c1ccc(C)cc1. The fourth-order valence-electron chi connectivity index (χ4n) is 2.69. The van der Waals surface area contributed by atoms with Crippen LogP contribution < -0.4 is 5.32 Å². The highest BCUT2D eigenvalue weighted by Gasteiger charge is 2.26. The number of benzene rings is 1. The molecule has 1 aromatic carbocycles. The number of nitrogens with one attached hydrogen (secondary N) is 1. The van der Waals surface area contributed by atoms with E-state index in [4.69, 9.17) is 0 Å². The van der Waals surface area contributed by atoms with E-state index in [-0.39, 0.29) is 23.4 Å². The predicted molar refractivity (Wildman–Crippen MR) is 111 cm³/mol. The predicted octanol–water partition coefficient (Wildman–Crippen LogP) is 3.07. The van der Waals surface area contributed by atoms with Crippen LogP contribution in [-0.4, -0.2) is 41.5 Å². The molecule has 2 rings (SSSR count). The standard InChI is InChI=1S/C20H30N4O3S/c1-7-12-24(28(26,27)16-10-8-15(2)9-11-16)14-19(25)21-18-13-17(20(3,4)5)22-23(18)6/h8-11,13H,7,12,14H2,1-6H3,(H,21,25). The van der Waals surface area contributed by atoms with Gasteiger partial charge in [0.1, 0.15) is 5.82 Å². The largest absolute Gasteiger partial charge is 0.310 e. The van der Waals surface area contributed by atoms with Crippen LogP contribution in [0.25, 0.3) is 0 Å². The minimum absolute atomic E-state index is 0.149. The van der Waals surface area contributed by atoms with Gasteiger partial charge in [-0.15, -0.1) is 0 Å². The lowest BCUT2D eigenvalue weighted by Crippen LogP contribution is -2.38. The maximum atomic E-state index is 13.0. The van der Waals surface area contributed by atoms with Crippen LogP contribution >= 0.6 is 0 Å². The molecule has 1 heterocycles. The van der Waals surface area contributed by atoms with Crippen molar-refractivity contribution in [2.45, 2.75) is 51.3 Å². The van der Waals surface area contributed by atoms with E-state index in [1.54, 1.807) is 36.0 Å². The zero-order valence-corrected chi connectivity index (χ0v) is 18.3. The van der Waals surface area contributed by atoms with Crippen molar-refractivity contribution in [1.29, 1.82) is 0 Å². The number of carbonyl (C=O) groups is 1. The first kappa shape index (κ1) is 22.1. The Kier molecular flexibility index (Phi) is 6.67. The summed E-state index contributed by atoms with van der Waals surface area (Å²) in [6.45, 7) is 9.91. The van der Waals surface area contributed by atoms with E-state index in [1.807, 2.05) is 40.7 Å². The number of amides is 1. The summed E-state index contributed by atoms with van der Waals surface area (Å²) in [7, 11) is -2.00. The lowest BCUT2D eigenvalue weighted by Gasteiger charge is -2.21. The first-order valence-corrected chi connectivity index (χ1v) is 10.8. The number of aromatic nitrogens is 2. The summed E-state index contributed by atoms with van der Waals surface area (Å²) in [6.07, 6.45) is 0.609. The van der Waals surface area contributed by atoms with Gasteiger partial charge >= 0.3 is 0 Å². The second-order valence-corrected chi connectivity index (χ2v) is 9.93. The van der Waals surface area contributed by atoms with Crippen molar-refractivity contribution in [3.63, 3.8) is 0 Å². The van der Waals surface area contributed by atoms with E-state index in [1.165, 1.54) is 4.31 Å². The molecule has 8 heteroatoms. The number of sulfonamides is 1. The first-order chi connectivity index (χ1) is 12.9. The number of anilines is 1. The van der Waals surface area contributed by atoms with Crippen molar-refractivity contribution in [3.05, 3.63) is 41.6 Å². The molecule has 0 bridgehead atoms. The molecule has 0 fully saturated rings. The van der Waals surface area contributed by atoms with Crippen molar-refractivity contribution in [2.24, 2.45) is 7.05 Å². The van der Waals surface area contributed by atoms with Crippen molar-refractivity contribution in [3.8, 4) is 0 Å². The van der Waals surface area contributed by atoms with Gasteiger partial charge in [0.15, 0.2) is 0 Å². The number of hydrogen-bond donors (Lipinski definition) is 1. The van der Waals surface area contributed by atoms with Gasteiger partial charge in [0.2, 0.25) is 15.9 Å². The Morgan fingerprint density at radius 1 is 1.21 bits per heavy atom. The fraction of sp³-hybridized carbons (Fsp3) is 0.500. The molecule has 0 saturated carbocycles. The van der Waals surface area contributed by atoms with E-state index in [2.05, 4.69) is 10.4 Å². The Morgan fingerprint density at radius 2 is 1.82 bits per heavy atom. The van der Waals surface area contributed by atoms with E-state index in [9.17, 15) is 13.2 Å². The monoisotopic (exact) mass is 406 g/mol. The molecule has 1 N–H and O–H groups in total. The van der Waals surface area contributed by atoms with Crippen LogP contribution in [0.2, 0.25) is 0 Å². The van der Waals surface area contributed by atoms with Crippen LogP contribution in [0.15, 0.2) is 35.2 Å². The number of hydrogen-bond acceptors (Lipinski definition) is 4. The topological polar surface area (TPSA) is 84.3 Å². The minimum Gasteiger partial charge on any atom is -0.310 e. The van der Waals surface area contributed by atoms with Crippen LogP contribution in [0.3, 0.4) is 0 Å². The second-order valence-electron chi connectivity index (χ2n) is 7.99. The van der Waals surface area contributed by atoms with E-state index < -0.39 is 15.9 Å². The normalized spacial score (nSPS) is 12.4. The summed E-state index contributed by atoms with van der Waals surface area (Å²) in [5, 5.41) is 7.20. The summed E-state index contributed by atoms with van der Waals surface area (Å²) < 4.78 is 28.7. The molecule has 0 aliphatic heterocycles. The van der Waals surface area contributed by atoms with E-state index >= 15 is 0 Å². The molecule has 0 saturated heterocycles. The molecule has 1 amide bonds. The van der Waals surface area contributed by atoms with Crippen LogP contribution in [0, 0.1) is 6.92 Å². The highest BCUT2D eigenvalue weighted by atomic mass is 32.2. The number of rotatable bonds is 7. The zero-order valence-electron chi connectivity index (χ0n) is 17.5. The molecule has 0 atom stereocenters. The van der Waals surface area contributed by atoms with Gasteiger partial charge in [0, 0.05) is 25.1 Å². The second kappa shape index (κ2) is 8.45. The van der Waals surface area contributed by atoms with Crippen LogP contribution in [0.5, 0.6) is 0 Å². The van der Waals surface area contributed by atoms with Crippen molar-refractivity contribution >= 4 is 21.7 Å². The van der Waals surface area contributed by atoms with Crippen LogP contribution in [-0.2, 0) is 27.3 Å². The van der Waals surface area contributed by atoms with Gasteiger partial charge < -0.3 is 5.32 Å². The van der Waals surface area contributed by atoms with E-state index in [0.717, 1.165) is 11.3 Å². The zero-order chi connectivity index (χ0) is 21.1. The molecule has 7 nitrogen and oxygen atoms in total. The molecule has 0 aliphatic rings. The van der Waals surface area contributed by atoms with Gasteiger partial charge in [0.25, 0.3) is 0 Å². The van der Waals surface area contributed by atoms with E-state index in [0.29, 0.717) is 12.2 Å². The van der Waals surface area contributed by atoms with Gasteiger partial charge in [-0.3, -0.25) is 9.48 Å². The third kappa shape index (κ3) is 5.20. The summed E-state index contributed by atoms with van der Waals surface area (Å²) in [4.78, 5) is 12.8. The Morgan fingerprint density at radius 3 is 2.32 bits per heavy atom. The average molecular weight is 407 g/mol. The molecule has 154 valence electrons. The molecule has 0 unspecified atom stereocenters. The molecular formula is C20H30N4O3S. The lowest BCUT2D eigenvalue weighted by atomic mass is 9.92. The Labute approximate surface area is 167 Å². The molecule has 28 heavy (non-hydrogen) atoms. The maximum Gasteiger partial charge on any atom is 0.243 e. The quantitative estimate of drug-likeness (QED) is 0.766. The highest BCUT2D eigenvalue weighted by Crippen LogP contribution is 2.23. The molecule has 0 aliphatic carbocycles. The fourth-order valence-corrected chi connectivity index (χ4v) is 4.17.